The molecule has 0 bridgehead atoms. The van der Waals surface area contributed by atoms with E-state index >= 15 is 0 Å². The molecule has 2 aromatic rings. The predicted molar refractivity (Wildman–Crippen MR) is 86.2 cm³/mol. The summed E-state index contributed by atoms with van der Waals surface area (Å²) in [5, 5.41) is 2.87. The number of carbonyl (C=O) groups excluding carboxylic acids is 1. The van der Waals surface area contributed by atoms with Crippen LogP contribution >= 0.6 is 24.8 Å². The maximum Gasteiger partial charge on any atom is 0.253 e. The topological polar surface area (TPSA) is 93.0 Å². The average Bonchev–Trinajstić information content (AvgIpc) is 3.08. The Hall–Kier alpha value is -1.34. The second-order valence-corrected chi connectivity index (χ2v) is 4.65. The smallest absolute Gasteiger partial charge is 0.253 e. The van der Waals surface area contributed by atoms with Gasteiger partial charge in [0.25, 0.3) is 5.91 Å². The van der Waals surface area contributed by atoms with E-state index in [4.69, 9.17) is 10.5 Å². The van der Waals surface area contributed by atoms with Gasteiger partial charge < -0.3 is 20.8 Å². The number of para-hydroxylation sites is 1. The summed E-state index contributed by atoms with van der Waals surface area (Å²) < 4.78 is 5.57. The zero-order valence-electron chi connectivity index (χ0n) is 11.2. The van der Waals surface area contributed by atoms with Gasteiger partial charge in [0, 0.05) is 6.54 Å². The van der Waals surface area contributed by atoms with Gasteiger partial charge in [0.15, 0.2) is 0 Å². The van der Waals surface area contributed by atoms with Crippen molar-refractivity contribution in [3.05, 3.63) is 24.5 Å². The van der Waals surface area contributed by atoms with Crippen molar-refractivity contribution in [1.82, 2.24) is 9.97 Å². The van der Waals surface area contributed by atoms with E-state index in [2.05, 4.69) is 15.3 Å². The third kappa shape index (κ3) is 3.65. The molecule has 21 heavy (non-hydrogen) atoms. The first-order valence-electron chi connectivity index (χ1n) is 6.36. The molecular formula is C13H18Cl2N4O2. The van der Waals surface area contributed by atoms with Crippen molar-refractivity contribution in [1.29, 1.82) is 0 Å². The predicted octanol–water partition coefficient (Wildman–Crippen LogP) is 1.85. The number of aromatic amines is 1. The summed E-state index contributed by atoms with van der Waals surface area (Å²) in [6.07, 6.45) is 2.74. The van der Waals surface area contributed by atoms with E-state index in [0.29, 0.717) is 18.7 Å². The molecule has 1 aromatic heterocycles. The lowest BCUT2D eigenvalue weighted by atomic mass is 10.2. The Morgan fingerprint density at radius 1 is 1.43 bits per heavy atom. The van der Waals surface area contributed by atoms with Gasteiger partial charge >= 0.3 is 0 Å². The molecule has 0 radical (unpaired) electrons. The molecule has 2 atom stereocenters. The Morgan fingerprint density at radius 2 is 2.24 bits per heavy atom. The molecule has 0 aliphatic carbocycles. The van der Waals surface area contributed by atoms with Crippen molar-refractivity contribution >= 4 is 47.4 Å². The van der Waals surface area contributed by atoms with Crippen LogP contribution in [-0.2, 0) is 9.53 Å². The number of nitrogens with two attached hydrogens (primary N) is 1. The van der Waals surface area contributed by atoms with E-state index < -0.39 is 6.10 Å². The summed E-state index contributed by atoms with van der Waals surface area (Å²) >= 11 is 0. The highest BCUT2D eigenvalue weighted by Gasteiger charge is 2.30. The van der Waals surface area contributed by atoms with E-state index in [1.54, 1.807) is 6.33 Å². The summed E-state index contributed by atoms with van der Waals surface area (Å²) in [5.41, 5.74) is 7.88. The van der Waals surface area contributed by atoms with Crippen molar-refractivity contribution in [2.75, 3.05) is 11.9 Å². The molecule has 1 amide bonds. The number of fused-ring (bicyclic) bond motifs is 1. The summed E-state index contributed by atoms with van der Waals surface area (Å²) in [5.74, 6) is -0.133. The fraction of sp³-hybridized carbons (Fsp3) is 0.385. The van der Waals surface area contributed by atoms with Crippen LogP contribution in [-0.4, -0.2) is 34.6 Å². The third-order valence-electron chi connectivity index (χ3n) is 3.37. The van der Waals surface area contributed by atoms with Gasteiger partial charge in [-0.05, 0) is 25.0 Å². The van der Waals surface area contributed by atoms with Gasteiger partial charge in [0.05, 0.1) is 23.6 Å². The molecule has 8 heteroatoms. The van der Waals surface area contributed by atoms with Crippen molar-refractivity contribution in [3.8, 4) is 0 Å². The Morgan fingerprint density at radius 3 is 2.95 bits per heavy atom. The lowest BCUT2D eigenvalue weighted by molar-refractivity contribution is -0.126. The number of nitrogens with zero attached hydrogens (tertiary/aromatic N) is 1. The molecule has 4 N–H and O–H groups in total. The Balaban J connectivity index is 0.00000110. The molecule has 1 aliphatic heterocycles. The van der Waals surface area contributed by atoms with Crippen LogP contribution in [0.25, 0.3) is 11.0 Å². The zero-order chi connectivity index (χ0) is 13.2. The Labute approximate surface area is 134 Å². The van der Waals surface area contributed by atoms with Crippen LogP contribution in [0, 0.1) is 0 Å². The minimum absolute atomic E-state index is 0. The molecule has 1 fully saturated rings. The number of aromatic nitrogens is 2. The second kappa shape index (κ2) is 7.61. The van der Waals surface area contributed by atoms with Crippen molar-refractivity contribution in [3.63, 3.8) is 0 Å². The molecule has 0 spiro atoms. The average molecular weight is 333 g/mol. The monoisotopic (exact) mass is 332 g/mol. The highest BCUT2D eigenvalue weighted by Crippen LogP contribution is 2.23. The first-order valence-corrected chi connectivity index (χ1v) is 6.36. The first-order chi connectivity index (χ1) is 9.28. The van der Waals surface area contributed by atoms with Crippen LogP contribution in [0.3, 0.4) is 0 Å². The molecule has 1 saturated heterocycles. The van der Waals surface area contributed by atoms with Crippen LogP contribution in [0.4, 0.5) is 5.69 Å². The molecule has 0 saturated carbocycles. The molecule has 1 aromatic carbocycles. The van der Waals surface area contributed by atoms with Crippen LogP contribution in [0.1, 0.15) is 12.8 Å². The van der Waals surface area contributed by atoms with Gasteiger partial charge in [0.1, 0.15) is 11.6 Å². The number of imidazole rings is 1. The maximum atomic E-state index is 12.1. The van der Waals surface area contributed by atoms with Gasteiger partial charge in [-0.25, -0.2) is 4.98 Å². The van der Waals surface area contributed by atoms with Crippen LogP contribution in [0.15, 0.2) is 24.5 Å². The Kier molecular flexibility index (Phi) is 6.42. The number of hydrogen-bond donors (Lipinski definition) is 3. The number of H-pyrrole nitrogens is 1. The normalized spacial score (nSPS) is 20.6. The molecule has 0 unspecified atom stereocenters. The van der Waals surface area contributed by atoms with Gasteiger partial charge in [-0.15, -0.1) is 24.8 Å². The molecular weight excluding hydrogens is 315 g/mol. The summed E-state index contributed by atoms with van der Waals surface area (Å²) in [4.78, 5) is 19.3. The third-order valence-corrected chi connectivity index (χ3v) is 3.37. The van der Waals surface area contributed by atoms with E-state index in [9.17, 15) is 4.79 Å². The van der Waals surface area contributed by atoms with Gasteiger partial charge in [-0.3, -0.25) is 4.79 Å². The number of ether oxygens (including phenoxy) is 1. The second-order valence-electron chi connectivity index (χ2n) is 4.65. The fourth-order valence-electron chi connectivity index (χ4n) is 2.35. The Bertz CT molecular complexity index is 605. The molecule has 2 heterocycles. The number of amides is 1. The summed E-state index contributed by atoms with van der Waals surface area (Å²) in [6.45, 7) is 0.457. The van der Waals surface area contributed by atoms with Crippen LogP contribution in [0.5, 0.6) is 0 Å². The molecule has 3 rings (SSSR count). The largest absolute Gasteiger partial charge is 0.364 e. The summed E-state index contributed by atoms with van der Waals surface area (Å²) in [7, 11) is 0. The quantitative estimate of drug-likeness (QED) is 0.799. The van der Waals surface area contributed by atoms with Gasteiger partial charge in [-0.2, -0.15) is 0 Å². The van der Waals surface area contributed by atoms with E-state index in [-0.39, 0.29) is 36.8 Å². The molecule has 6 nitrogen and oxygen atoms in total. The number of hydrogen-bond acceptors (Lipinski definition) is 4. The van der Waals surface area contributed by atoms with Crippen molar-refractivity contribution in [2.45, 2.75) is 25.0 Å². The van der Waals surface area contributed by atoms with Crippen LogP contribution in [0.2, 0.25) is 0 Å². The molecule has 116 valence electrons. The number of benzene rings is 1. The molecule has 1 aliphatic rings. The van der Waals surface area contributed by atoms with E-state index in [1.165, 1.54) is 0 Å². The lowest BCUT2D eigenvalue weighted by Crippen LogP contribution is -2.29. The number of carbonyl (C=O) groups is 1. The fourth-order valence-corrected chi connectivity index (χ4v) is 2.35. The van der Waals surface area contributed by atoms with Gasteiger partial charge in [0.2, 0.25) is 0 Å². The van der Waals surface area contributed by atoms with Gasteiger partial charge in [-0.1, -0.05) is 6.07 Å². The first kappa shape index (κ1) is 17.7. The number of rotatable bonds is 3. The highest BCUT2D eigenvalue weighted by atomic mass is 35.5. The number of halogens is 2. The van der Waals surface area contributed by atoms with Crippen molar-refractivity contribution in [2.24, 2.45) is 5.73 Å². The maximum absolute atomic E-state index is 12.1. The van der Waals surface area contributed by atoms with Crippen molar-refractivity contribution < 1.29 is 9.53 Å². The standard InChI is InChI=1S/C13H16N4O2.2ClH/c14-6-8-4-5-11(19-8)13(18)17-10-3-1-2-9-12(10)16-7-15-9;;/h1-3,7-8,11H,4-6,14H2,(H,15,16)(H,17,18);2*1H/t8-,11+;;/m1../s1. The van der Waals surface area contributed by atoms with E-state index in [0.717, 1.165) is 17.5 Å². The minimum Gasteiger partial charge on any atom is -0.364 e. The van der Waals surface area contributed by atoms with E-state index in [1.807, 2.05) is 18.2 Å². The number of nitrogens with one attached hydrogen (secondary N) is 2. The number of anilines is 1. The SMILES string of the molecule is Cl.Cl.NC[C@H]1CC[C@@H](C(=O)Nc2cccc3[nH]cnc23)O1. The van der Waals surface area contributed by atoms with Crippen LogP contribution < -0.4 is 11.1 Å². The summed E-state index contributed by atoms with van der Waals surface area (Å²) in [6, 6.07) is 5.61. The lowest BCUT2D eigenvalue weighted by Gasteiger charge is -2.12. The minimum atomic E-state index is -0.414. The zero-order valence-corrected chi connectivity index (χ0v) is 12.9. The highest BCUT2D eigenvalue weighted by molar-refractivity contribution is 6.01.